The SMILES string of the molecule is CC[C@@]1(O)C(=O)OCc2c1cc1n(c2=O)Cc2c-1nc1cc(F)c(C)c3c1c2[C@@H](CC(=O)[C@H](OCNC(=O)CCC(=O)[C@H](Cc1ccccc1)NC(=O)CCC(=O)CNC(=O)COCCOCCOCCOCCOCCOCCOCCOCCOCCNC(=O)C1CCC(CN2C(=O)C=CC2=O)CC1)C1CC1)CC3. The largest absolute Gasteiger partial charge is 0.458 e. The lowest BCUT2D eigenvalue weighted by atomic mass is 9.76. The Morgan fingerprint density at radius 3 is 1.86 bits per heavy atom. The number of hydrogen-bond donors (Lipinski definition) is 5. The number of benzene rings is 2. The molecule has 31 heteroatoms. The van der Waals surface area contributed by atoms with Crippen LogP contribution in [0.5, 0.6) is 0 Å². The average molecular weight is 1550 g/mol. The highest BCUT2D eigenvalue weighted by Gasteiger charge is 2.47. The Balaban J connectivity index is 0.514. The van der Waals surface area contributed by atoms with Gasteiger partial charge in [-0.05, 0) is 117 Å². The predicted molar refractivity (Wildman–Crippen MR) is 396 cm³/mol. The summed E-state index contributed by atoms with van der Waals surface area (Å²) in [5.41, 5.74) is 2.46. The van der Waals surface area contributed by atoms with Crippen LogP contribution < -0.4 is 26.8 Å². The molecule has 5 heterocycles. The van der Waals surface area contributed by atoms with E-state index in [1.807, 2.05) is 6.07 Å². The number of Topliss-reactive ketones (excluding diaryl/α,β-unsaturated/α-hetero) is 3. The third kappa shape index (κ3) is 24.3. The number of carbonyl (C=O) groups excluding carboxylic acids is 10. The second-order valence-electron chi connectivity index (χ2n) is 28.6. The Hall–Kier alpha value is -8.47. The molecular formula is C80H104FN7O23. The number of halogens is 1. The predicted octanol–water partition coefficient (Wildman–Crippen LogP) is 3.92. The molecule has 0 bridgehead atoms. The maximum atomic E-state index is 15.6. The molecule has 0 radical (unpaired) electrons. The maximum Gasteiger partial charge on any atom is 0.343 e. The average Bonchev–Trinajstić information content (AvgIpc) is 1.56. The summed E-state index contributed by atoms with van der Waals surface area (Å²) in [4.78, 5) is 149. The second-order valence-corrected chi connectivity index (χ2v) is 28.6. The van der Waals surface area contributed by atoms with Crippen molar-refractivity contribution in [2.45, 2.75) is 147 Å². The van der Waals surface area contributed by atoms with E-state index in [9.17, 15) is 57.8 Å². The number of amides is 6. The van der Waals surface area contributed by atoms with Crippen LogP contribution in [0.4, 0.5) is 4.39 Å². The zero-order valence-electron chi connectivity index (χ0n) is 63.4. The number of fused-ring (bicyclic) bond motifs is 5. The van der Waals surface area contributed by atoms with E-state index in [0.29, 0.717) is 153 Å². The van der Waals surface area contributed by atoms with E-state index in [2.05, 4.69) is 21.3 Å². The molecule has 2 aromatic heterocycles. The first-order valence-corrected chi connectivity index (χ1v) is 38.7. The van der Waals surface area contributed by atoms with Crippen molar-refractivity contribution in [3.8, 4) is 11.4 Å². The van der Waals surface area contributed by atoms with Gasteiger partial charge < -0.3 is 83.0 Å². The van der Waals surface area contributed by atoms with Gasteiger partial charge in [0, 0.05) is 85.8 Å². The van der Waals surface area contributed by atoms with Crippen LogP contribution in [0, 0.1) is 30.5 Å². The molecule has 5 N–H and O–H groups in total. The number of aromatic nitrogens is 2. The molecule has 4 aromatic rings. The van der Waals surface area contributed by atoms with Crippen molar-refractivity contribution in [1.82, 2.24) is 35.7 Å². The Labute approximate surface area is 643 Å². The molecule has 3 aliphatic carbocycles. The molecule has 6 aliphatic rings. The molecule has 3 aliphatic heterocycles. The number of pyridine rings is 2. The summed E-state index contributed by atoms with van der Waals surface area (Å²) in [5, 5.41) is 23.0. The van der Waals surface area contributed by atoms with Gasteiger partial charge in [0.15, 0.2) is 23.0 Å². The number of cyclic esters (lactones) is 1. The van der Waals surface area contributed by atoms with Crippen LogP contribution >= 0.6 is 0 Å². The minimum atomic E-state index is -2.05. The molecule has 6 amide bonds. The van der Waals surface area contributed by atoms with Crippen molar-refractivity contribution in [3.05, 3.63) is 110 Å². The first-order chi connectivity index (χ1) is 53.8. The highest BCUT2D eigenvalue weighted by Crippen LogP contribution is 2.48. The van der Waals surface area contributed by atoms with Crippen LogP contribution in [0.1, 0.15) is 135 Å². The van der Waals surface area contributed by atoms with Gasteiger partial charge >= 0.3 is 5.97 Å². The summed E-state index contributed by atoms with van der Waals surface area (Å²) in [6.45, 7) is 9.07. The van der Waals surface area contributed by atoms with E-state index in [0.717, 1.165) is 60.6 Å². The monoisotopic (exact) mass is 1550 g/mol. The molecule has 2 saturated carbocycles. The van der Waals surface area contributed by atoms with Gasteiger partial charge in [-0.25, -0.2) is 14.2 Å². The normalized spacial score (nSPS) is 18.8. The summed E-state index contributed by atoms with van der Waals surface area (Å²) in [5.74, 6) is -4.78. The van der Waals surface area contributed by atoms with Gasteiger partial charge in [-0.15, -0.1) is 0 Å². The van der Waals surface area contributed by atoms with E-state index < -0.39 is 64.4 Å². The Morgan fingerprint density at radius 1 is 0.658 bits per heavy atom. The molecule has 30 nitrogen and oxygen atoms in total. The van der Waals surface area contributed by atoms with Gasteiger partial charge in [-0.1, -0.05) is 37.3 Å². The summed E-state index contributed by atoms with van der Waals surface area (Å²) in [6.07, 6.45) is 6.39. The van der Waals surface area contributed by atoms with Crippen molar-refractivity contribution in [3.63, 3.8) is 0 Å². The van der Waals surface area contributed by atoms with Gasteiger partial charge in [-0.2, -0.15) is 0 Å². The molecule has 111 heavy (non-hydrogen) atoms. The van der Waals surface area contributed by atoms with Crippen LogP contribution in [0.2, 0.25) is 0 Å². The van der Waals surface area contributed by atoms with Crippen LogP contribution in [0.3, 0.4) is 0 Å². The summed E-state index contributed by atoms with van der Waals surface area (Å²) < 4.78 is 78.1. The minimum absolute atomic E-state index is 0.00776. The lowest BCUT2D eigenvalue weighted by molar-refractivity contribution is -0.172. The van der Waals surface area contributed by atoms with Gasteiger partial charge in [0.1, 0.15) is 31.9 Å². The summed E-state index contributed by atoms with van der Waals surface area (Å²) >= 11 is 0. The van der Waals surface area contributed by atoms with E-state index >= 15 is 4.39 Å². The summed E-state index contributed by atoms with van der Waals surface area (Å²) in [6, 6.07) is 10.9. The van der Waals surface area contributed by atoms with Gasteiger partial charge in [-0.3, -0.25) is 52.8 Å². The molecule has 604 valence electrons. The Bertz CT molecular complexity index is 3990. The van der Waals surface area contributed by atoms with E-state index in [1.165, 1.54) is 27.7 Å². The van der Waals surface area contributed by atoms with Crippen LogP contribution in [-0.2, 0) is 132 Å². The molecule has 2 fully saturated rings. The van der Waals surface area contributed by atoms with Crippen LogP contribution in [-0.4, -0.2) is 236 Å². The fourth-order valence-corrected chi connectivity index (χ4v) is 14.6. The van der Waals surface area contributed by atoms with Gasteiger partial charge in [0.2, 0.25) is 23.6 Å². The Kier molecular flexibility index (Phi) is 32.9. The van der Waals surface area contributed by atoms with Crippen LogP contribution in [0.25, 0.3) is 22.3 Å². The number of aliphatic hydroxyl groups is 1. The van der Waals surface area contributed by atoms with Crippen molar-refractivity contribution in [2.24, 2.45) is 17.8 Å². The van der Waals surface area contributed by atoms with Crippen molar-refractivity contribution in [2.75, 3.05) is 145 Å². The van der Waals surface area contributed by atoms with Gasteiger partial charge in [0.05, 0.1) is 154 Å². The molecule has 10 rings (SSSR count). The number of rotatable bonds is 52. The van der Waals surface area contributed by atoms with Crippen molar-refractivity contribution >= 4 is 69.7 Å². The number of aryl methyl sites for hydroxylation is 1. The van der Waals surface area contributed by atoms with Gasteiger partial charge in [0.25, 0.3) is 17.4 Å². The number of hydrogen-bond acceptors (Lipinski definition) is 24. The molecule has 2 aromatic carbocycles. The zero-order chi connectivity index (χ0) is 78.7. The number of ether oxygens (including phenoxy) is 11. The fourth-order valence-electron chi connectivity index (χ4n) is 14.6. The first kappa shape index (κ1) is 85.0. The number of nitrogens with zero attached hydrogens (tertiary/aromatic N) is 3. The third-order valence-electron chi connectivity index (χ3n) is 20.9. The van der Waals surface area contributed by atoms with E-state index in [-0.39, 0.29) is 149 Å². The highest BCUT2D eigenvalue weighted by molar-refractivity contribution is 6.13. The van der Waals surface area contributed by atoms with Crippen molar-refractivity contribution < 1.29 is 110 Å². The fraction of sp³-hybridized carbons (Fsp3) is 0.600. The topological polar surface area (TPSA) is 379 Å². The minimum Gasteiger partial charge on any atom is -0.458 e. The lowest BCUT2D eigenvalue weighted by Gasteiger charge is -2.31. The molecule has 0 unspecified atom stereocenters. The lowest BCUT2D eigenvalue weighted by Crippen LogP contribution is -2.44. The zero-order valence-corrected chi connectivity index (χ0v) is 63.4. The van der Waals surface area contributed by atoms with E-state index in [4.69, 9.17) is 57.1 Å². The van der Waals surface area contributed by atoms with Crippen molar-refractivity contribution in [1.29, 1.82) is 0 Å². The third-order valence-corrected chi connectivity index (χ3v) is 20.9. The van der Waals surface area contributed by atoms with E-state index in [1.54, 1.807) is 44.2 Å². The molecule has 0 spiro atoms. The maximum absolute atomic E-state index is 15.6. The quantitative estimate of drug-likeness (QED) is 0.0159. The Morgan fingerprint density at radius 2 is 1.25 bits per heavy atom. The summed E-state index contributed by atoms with van der Waals surface area (Å²) in [7, 11) is 0. The molecular weight excluding hydrogens is 1450 g/mol. The highest BCUT2D eigenvalue weighted by atomic mass is 19.1. The number of imide groups is 1. The van der Waals surface area contributed by atoms with Crippen LogP contribution in [0.15, 0.2) is 59.4 Å². The number of nitrogens with one attached hydrogen (secondary N) is 4. The second kappa shape index (κ2) is 43.0. The standard InChI is InChI=1S/C80H104FN7O23/c1-3-80(100)61-43-65-75-59(47-87(65)78(98)60(61)48-110-79(80)99)73-56(15-17-58-51(2)62(81)44-64(86-75)74(58)73)42-67(91)76(54-13-14-54)111-50-84-68(92)20-18-66(90)63(41-52-7-5-4-6-8-52)85-69(93)19-16-57(89)45-83-70(94)49-109-40-39-108-38-37-107-36-35-106-34-33-105-32-31-104-30-29-103-28-27-102-26-25-101-24-23-82-77(97)55-11-9-53(10-12-55)46-88-71(95)21-22-72(88)96/h4-8,21-22,43-44,53-56,63,76,100H,3,9-20,23-42,45-50H2,1-2H3,(H,82,97)(H,83,94)(H,84,92)(H,85,93)/t53?,55?,56-,63+,76-,80+/m1/s1. The number of esters is 1. The first-order valence-electron chi connectivity index (χ1n) is 38.7. The number of ketones is 3. The molecule has 0 saturated heterocycles. The smallest absolute Gasteiger partial charge is 0.343 e. The number of carbonyl (C=O) groups is 10. The molecule has 4 atom stereocenters.